The van der Waals surface area contributed by atoms with Crippen LogP contribution in [0.2, 0.25) is 0 Å². The summed E-state index contributed by atoms with van der Waals surface area (Å²) in [6.45, 7) is 8.55. The molecule has 184 valence electrons. The molecule has 0 aliphatic heterocycles. The van der Waals surface area contributed by atoms with Crippen molar-refractivity contribution in [2.24, 2.45) is 10.1 Å². The molecule has 0 amide bonds. The predicted octanol–water partition coefficient (Wildman–Crippen LogP) is 4.72. The smallest absolute Gasteiger partial charge is 0.395 e. The van der Waals surface area contributed by atoms with Gasteiger partial charge in [0.25, 0.3) is 0 Å². The molecule has 1 rings (SSSR count). The number of rotatable bonds is 7. The van der Waals surface area contributed by atoms with Crippen molar-refractivity contribution in [2.75, 3.05) is 25.3 Å². The van der Waals surface area contributed by atoms with Crippen molar-refractivity contribution in [3.63, 3.8) is 0 Å². The second-order valence-corrected chi connectivity index (χ2v) is 12.1. The maximum Gasteiger partial charge on any atom is 0.430 e. The summed E-state index contributed by atoms with van der Waals surface area (Å²) < 4.78 is 75.3. The van der Waals surface area contributed by atoms with Crippen LogP contribution in [0.3, 0.4) is 0 Å². The monoisotopic (exact) mass is 505 g/mol. The fourth-order valence-electron chi connectivity index (χ4n) is 2.41. The quantitative estimate of drug-likeness (QED) is 0.411. The Morgan fingerprint density at radius 1 is 1.33 bits per heavy atom. The molecule has 0 aliphatic carbocycles. The molecular formula is C21H30F3N5O2S2. The Morgan fingerprint density at radius 3 is 2.27 bits per heavy atom. The largest absolute Gasteiger partial charge is 0.430 e. The first-order valence-electron chi connectivity index (χ1n) is 9.32. The van der Waals surface area contributed by atoms with Gasteiger partial charge in [-0.1, -0.05) is 13.5 Å². The number of pyridine rings is 1. The Hall–Kier alpha value is -2.78. The van der Waals surface area contributed by atoms with Gasteiger partial charge in [0.1, 0.15) is 11.4 Å². The Labute approximate surface area is 194 Å². The van der Waals surface area contributed by atoms with Crippen molar-refractivity contribution in [1.29, 1.82) is 4.78 Å². The Balaban J connectivity index is 0.00000497. The molecule has 0 aromatic carbocycles. The van der Waals surface area contributed by atoms with E-state index >= 15 is 0 Å². The lowest BCUT2D eigenvalue weighted by Crippen LogP contribution is -2.21. The summed E-state index contributed by atoms with van der Waals surface area (Å²) in [7, 11) is -4.22. The highest BCUT2D eigenvalue weighted by molar-refractivity contribution is 7.92. The summed E-state index contributed by atoms with van der Waals surface area (Å²) in [5, 5.41) is 0. The van der Waals surface area contributed by atoms with Crippen LogP contribution in [0.1, 0.15) is 26.5 Å². The third-order valence-electron chi connectivity index (χ3n) is 4.38. The van der Waals surface area contributed by atoms with Crippen LogP contribution in [-0.2, 0) is 19.5 Å². The van der Waals surface area contributed by atoms with E-state index in [0.717, 1.165) is 6.08 Å². The van der Waals surface area contributed by atoms with Gasteiger partial charge >= 0.3 is 6.18 Å². The first-order chi connectivity index (χ1) is 14.9. The lowest BCUT2D eigenvalue weighted by Gasteiger charge is -2.25. The maximum atomic E-state index is 12.9. The van der Waals surface area contributed by atoms with Crippen LogP contribution in [0.25, 0.3) is 5.70 Å². The number of nitrogens with zero attached hydrogens (tertiary/aromatic N) is 3. The zero-order chi connectivity index (χ0) is 26.4. The lowest BCUT2D eigenvalue weighted by molar-refractivity contribution is -0.0927. The van der Waals surface area contributed by atoms with Gasteiger partial charge in [0.15, 0.2) is 0 Å². The van der Waals surface area contributed by atoms with Crippen LogP contribution in [-0.4, -0.2) is 49.8 Å². The topological polar surface area (TPSA) is 112 Å². The van der Waals surface area contributed by atoms with E-state index < -0.39 is 31.3 Å². The third kappa shape index (κ3) is 8.58. The van der Waals surface area contributed by atoms with E-state index in [2.05, 4.69) is 28.8 Å². The van der Waals surface area contributed by atoms with Gasteiger partial charge in [0, 0.05) is 40.7 Å². The average molecular weight is 506 g/mol. The molecule has 1 heterocycles. The molecular weight excluding hydrogens is 475 g/mol. The first kappa shape index (κ1) is 30.2. The minimum Gasteiger partial charge on any atom is -0.395 e. The number of hydrogen-bond acceptors (Lipinski definition) is 7. The second-order valence-electron chi connectivity index (χ2n) is 7.15. The molecule has 0 bridgehead atoms. The zero-order valence-electron chi connectivity index (χ0n) is 19.5. The number of nitrogens with two attached hydrogens (primary N) is 1. The number of hydrogen-bond donors (Lipinski definition) is 2. The molecule has 0 aliphatic rings. The molecule has 1 unspecified atom stereocenters. The van der Waals surface area contributed by atoms with Gasteiger partial charge < -0.3 is 10.6 Å². The summed E-state index contributed by atoms with van der Waals surface area (Å²) in [6, 6.07) is 1.39. The predicted molar refractivity (Wildman–Crippen MR) is 129 cm³/mol. The van der Waals surface area contributed by atoms with Crippen LogP contribution < -0.4 is 5.73 Å². The molecule has 3 N–H and O–H groups in total. The van der Waals surface area contributed by atoms with Crippen LogP contribution >= 0.6 is 0 Å². The third-order valence-corrected chi connectivity index (χ3v) is 6.86. The molecule has 0 fully saturated rings. The summed E-state index contributed by atoms with van der Waals surface area (Å²) in [5.41, 5.74) is 5.07. The van der Waals surface area contributed by atoms with Crippen molar-refractivity contribution >= 4 is 30.8 Å². The highest BCUT2D eigenvalue weighted by atomic mass is 32.2. The zero-order valence-corrected chi connectivity index (χ0v) is 21.1. The van der Waals surface area contributed by atoms with E-state index in [1.165, 1.54) is 36.6 Å². The van der Waals surface area contributed by atoms with Crippen LogP contribution in [0.15, 0.2) is 51.1 Å². The van der Waals surface area contributed by atoms with Crippen molar-refractivity contribution in [3.05, 3.63) is 47.6 Å². The standard InChI is InChI=1S/C19H28F3N5O2S2.C2H2/c1-8-31(24,29)16-10-15(26-30(6,7)28)11-25-18(16)14(4)27(5)13(3)12(2)9-17(23)19(20,21)22;1-2/h9-11,24H,4,8,23H2,1-3,5-7H3;1-2H/b13-12+,17-9-;. The van der Waals surface area contributed by atoms with Crippen molar-refractivity contribution in [3.8, 4) is 12.8 Å². The van der Waals surface area contributed by atoms with Crippen molar-refractivity contribution < 1.29 is 21.6 Å². The fraction of sp³-hybridized carbons (Fsp3) is 0.381. The molecule has 7 nitrogen and oxygen atoms in total. The average Bonchev–Trinajstić information content (AvgIpc) is 2.71. The number of allylic oxidation sites excluding steroid dienone is 4. The Morgan fingerprint density at radius 2 is 1.85 bits per heavy atom. The van der Waals surface area contributed by atoms with Crippen molar-refractivity contribution in [2.45, 2.75) is 31.8 Å². The molecule has 0 spiro atoms. The summed E-state index contributed by atoms with van der Waals surface area (Å²) in [4.78, 5) is 5.78. The minimum atomic E-state index is -4.65. The number of nitrogens with one attached hydrogen (secondary N) is 1. The van der Waals surface area contributed by atoms with E-state index in [4.69, 9.17) is 10.5 Å². The van der Waals surface area contributed by atoms with Crippen LogP contribution in [0, 0.1) is 17.6 Å². The molecule has 0 radical (unpaired) electrons. The van der Waals surface area contributed by atoms with Crippen LogP contribution in [0.5, 0.6) is 0 Å². The number of aromatic nitrogens is 1. The van der Waals surface area contributed by atoms with Gasteiger partial charge in [0.2, 0.25) is 0 Å². The molecule has 12 heteroatoms. The SMILES string of the molecule is C#C.C=C(c1ncc(N=S(C)(C)=O)cc1S(=N)(=O)CC)N(C)/C(C)=C(C)/C=C(\N)C(F)(F)F. The van der Waals surface area contributed by atoms with Gasteiger partial charge in [0.05, 0.1) is 32.2 Å². The summed E-state index contributed by atoms with van der Waals surface area (Å²) >= 11 is 0. The first-order valence-corrected chi connectivity index (χ1v) is 13.4. The van der Waals surface area contributed by atoms with E-state index in [1.54, 1.807) is 20.9 Å². The summed E-state index contributed by atoms with van der Waals surface area (Å²) in [6.07, 6.45) is 8.35. The van der Waals surface area contributed by atoms with Gasteiger partial charge in [-0.05, 0) is 31.6 Å². The maximum absolute atomic E-state index is 12.9. The molecule has 1 aromatic heterocycles. The number of halogens is 3. The van der Waals surface area contributed by atoms with Crippen molar-refractivity contribution in [1.82, 2.24) is 9.88 Å². The molecule has 33 heavy (non-hydrogen) atoms. The van der Waals surface area contributed by atoms with Gasteiger partial charge in [-0.25, -0.2) is 13.2 Å². The van der Waals surface area contributed by atoms with E-state index in [9.17, 15) is 21.6 Å². The molecule has 0 saturated heterocycles. The van der Waals surface area contributed by atoms with E-state index in [-0.39, 0.29) is 33.3 Å². The fourth-order valence-corrected chi connectivity index (χ4v) is 4.12. The van der Waals surface area contributed by atoms with Crippen LogP contribution in [0.4, 0.5) is 18.9 Å². The van der Waals surface area contributed by atoms with Gasteiger partial charge in [-0.15, -0.1) is 12.8 Å². The minimum absolute atomic E-state index is 0.00550. The Kier molecular flexibility index (Phi) is 10.4. The highest BCUT2D eigenvalue weighted by Crippen LogP contribution is 2.30. The van der Waals surface area contributed by atoms with Gasteiger partial charge in [-0.2, -0.15) is 17.5 Å². The second kappa shape index (κ2) is 11.4. The highest BCUT2D eigenvalue weighted by Gasteiger charge is 2.31. The van der Waals surface area contributed by atoms with E-state index in [0.29, 0.717) is 5.70 Å². The Bertz CT molecular complexity index is 1200. The normalized spacial score (nSPS) is 14.8. The molecule has 0 saturated carbocycles. The molecule has 1 atom stereocenters. The van der Waals surface area contributed by atoms with E-state index in [1.807, 2.05) is 0 Å². The lowest BCUT2D eigenvalue weighted by atomic mass is 10.1. The molecule has 1 aromatic rings. The number of alkyl halides is 3. The summed E-state index contributed by atoms with van der Waals surface area (Å²) in [5.74, 6) is -0.00550. The van der Waals surface area contributed by atoms with Gasteiger partial charge in [-0.3, -0.25) is 4.98 Å². The number of terminal acetylenes is 1.